The molecule has 1 atom stereocenters. The van der Waals surface area contributed by atoms with E-state index in [9.17, 15) is 13.2 Å². The molecule has 0 aliphatic heterocycles. The number of halogens is 3. The van der Waals surface area contributed by atoms with Gasteiger partial charge in [0.25, 0.3) is 0 Å². The molecule has 28 heavy (non-hydrogen) atoms. The molecule has 4 aromatic rings. The molecule has 2 heterocycles. The van der Waals surface area contributed by atoms with Crippen molar-refractivity contribution in [3.05, 3.63) is 66.3 Å². The lowest BCUT2D eigenvalue weighted by Crippen LogP contribution is -2.12. The van der Waals surface area contributed by atoms with Gasteiger partial charge in [0.2, 0.25) is 17.6 Å². The molecule has 2 aromatic carbocycles. The van der Waals surface area contributed by atoms with Crippen LogP contribution >= 0.6 is 11.8 Å². The number of hydrogen-bond donors (Lipinski definition) is 0. The van der Waals surface area contributed by atoms with Gasteiger partial charge in [-0.05, 0) is 25.1 Å². The maximum Gasteiger partial charge on any atom is 0.451 e. The van der Waals surface area contributed by atoms with E-state index < -0.39 is 17.3 Å². The highest BCUT2D eigenvalue weighted by Crippen LogP contribution is 2.39. The van der Waals surface area contributed by atoms with Crippen LogP contribution < -0.4 is 0 Å². The molecule has 2 aromatic heterocycles. The first-order valence-corrected chi connectivity index (χ1v) is 9.19. The number of aromatic nitrogens is 4. The predicted octanol–water partition coefficient (Wildman–Crippen LogP) is 5.55. The Kier molecular flexibility index (Phi) is 4.76. The van der Waals surface area contributed by atoms with Crippen LogP contribution in [0.4, 0.5) is 13.2 Å². The van der Waals surface area contributed by atoms with E-state index in [0.29, 0.717) is 17.2 Å². The van der Waals surface area contributed by atoms with Gasteiger partial charge in [0, 0.05) is 10.9 Å². The predicted molar refractivity (Wildman–Crippen MR) is 98.5 cm³/mol. The van der Waals surface area contributed by atoms with Gasteiger partial charge in [0.1, 0.15) is 5.03 Å². The normalized spacial score (nSPS) is 13.0. The Balaban J connectivity index is 1.67. The Labute approximate surface area is 162 Å². The van der Waals surface area contributed by atoms with Crippen molar-refractivity contribution in [3.63, 3.8) is 0 Å². The third kappa shape index (κ3) is 3.70. The Morgan fingerprint density at radius 2 is 1.64 bits per heavy atom. The zero-order valence-electron chi connectivity index (χ0n) is 14.5. The molecule has 0 spiro atoms. The molecular formula is C19H13F3N4OS. The summed E-state index contributed by atoms with van der Waals surface area (Å²) in [5, 5.41) is 8.41. The van der Waals surface area contributed by atoms with Crippen LogP contribution in [-0.2, 0) is 6.18 Å². The zero-order valence-corrected chi connectivity index (χ0v) is 15.3. The second kappa shape index (κ2) is 7.23. The molecule has 0 unspecified atom stereocenters. The molecule has 0 radical (unpaired) electrons. The third-order valence-corrected chi connectivity index (χ3v) is 5.01. The monoisotopic (exact) mass is 402 g/mol. The fourth-order valence-corrected chi connectivity index (χ4v) is 3.55. The first kappa shape index (κ1) is 18.4. The van der Waals surface area contributed by atoms with Gasteiger partial charge in [-0.15, -0.1) is 10.2 Å². The lowest BCUT2D eigenvalue weighted by Gasteiger charge is -2.12. The number of nitrogens with zero attached hydrogens (tertiary/aromatic N) is 4. The molecule has 0 fully saturated rings. The van der Waals surface area contributed by atoms with Gasteiger partial charge in [-0.1, -0.05) is 48.2 Å². The van der Waals surface area contributed by atoms with E-state index in [1.54, 1.807) is 25.1 Å². The van der Waals surface area contributed by atoms with Crippen molar-refractivity contribution in [1.29, 1.82) is 0 Å². The summed E-state index contributed by atoms with van der Waals surface area (Å²) in [4.78, 5) is 7.37. The zero-order chi connectivity index (χ0) is 19.7. The average Bonchev–Trinajstić information content (AvgIpc) is 3.18. The van der Waals surface area contributed by atoms with Crippen molar-refractivity contribution < 1.29 is 17.6 Å². The van der Waals surface area contributed by atoms with Gasteiger partial charge >= 0.3 is 6.18 Å². The van der Waals surface area contributed by atoms with E-state index in [4.69, 9.17) is 4.42 Å². The number of alkyl halides is 3. The molecule has 0 N–H and O–H groups in total. The van der Waals surface area contributed by atoms with Crippen molar-refractivity contribution in [2.75, 3.05) is 0 Å². The molecule has 142 valence electrons. The van der Waals surface area contributed by atoms with Crippen LogP contribution in [0.1, 0.15) is 23.9 Å². The van der Waals surface area contributed by atoms with E-state index in [-0.39, 0.29) is 10.5 Å². The quantitative estimate of drug-likeness (QED) is 0.329. The third-order valence-electron chi connectivity index (χ3n) is 3.92. The van der Waals surface area contributed by atoms with Gasteiger partial charge in [0.05, 0.1) is 10.8 Å². The SMILES string of the molecule is C[C@@H](Sc1nc(C(F)(F)F)nc2ccccc12)c1nnc(-c2ccccc2)o1. The van der Waals surface area contributed by atoms with Crippen molar-refractivity contribution in [2.24, 2.45) is 0 Å². The fourth-order valence-electron chi connectivity index (χ4n) is 2.58. The van der Waals surface area contributed by atoms with E-state index >= 15 is 0 Å². The Morgan fingerprint density at radius 3 is 2.39 bits per heavy atom. The number of para-hydroxylation sites is 1. The summed E-state index contributed by atoms with van der Waals surface area (Å²) in [6.07, 6.45) is -4.63. The molecule has 0 aliphatic carbocycles. The Morgan fingerprint density at radius 1 is 0.929 bits per heavy atom. The van der Waals surface area contributed by atoms with Crippen molar-refractivity contribution in [2.45, 2.75) is 23.4 Å². The second-order valence-electron chi connectivity index (χ2n) is 5.94. The Hall–Kier alpha value is -2.94. The maximum atomic E-state index is 13.2. The lowest BCUT2D eigenvalue weighted by molar-refractivity contribution is -0.145. The number of fused-ring (bicyclic) bond motifs is 1. The molecule has 0 aliphatic rings. The summed E-state index contributed by atoms with van der Waals surface area (Å²) in [6, 6.07) is 15.8. The molecule has 4 rings (SSSR count). The number of thioether (sulfide) groups is 1. The summed E-state index contributed by atoms with van der Waals surface area (Å²) in [7, 11) is 0. The molecule has 5 nitrogen and oxygen atoms in total. The van der Waals surface area contributed by atoms with Crippen LogP contribution in [-0.4, -0.2) is 20.2 Å². The molecule has 0 saturated carbocycles. The van der Waals surface area contributed by atoms with E-state index in [1.807, 2.05) is 30.3 Å². The van der Waals surface area contributed by atoms with Crippen LogP contribution in [0.2, 0.25) is 0 Å². The Bertz CT molecular complexity index is 1120. The van der Waals surface area contributed by atoms with Gasteiger partial charge < -0.3 is 4.42 Å². The largest absolute Gasteiger partial charge is 0.451 e. The smallest absolute Gasteiger partial charge is 0.419 e. The van der Waals surface area contributed by atoms with E-state index in [1.165, 1.54) is 6.07 Å². The fraction of sp³-hybridized carbons (Fsp3) is 0.158. The highest BCUT2D eigenvalue weighted by molar-refractivity contribution is 7.99. The minimum Gasteiger partial charge on any atom is -0.419 e. The summed E-state index contributed by atoms with van der Waals surface area (Å²) in [6.45, 7) is 1.77. The standard InChI is InChI=1S/C19H13F3N4OS/c1-11(15-25-26-16(27-15)12-7-3-2-4-8-12)28-17-13-9-5-6-10-14(13)23-18(24-17)19(20,21)22/h2-11H,1H3/t11-/m1/s1. The summed E-state index contributed by atoms with van der Waals surface area (Å²) < 4.78 is 45.2. The van der Waals surface area contributed by atoms with Crippen molar-refractivity contribution in [3.8, 4) is 11.5 Å². The minimum atomic E-state index is -4.63. The summed E-state index contributed by atoms with van der Waals surface area (Å²) in [5.74, 6) is -0.511. The summed E-state index contributed by atoms with van der Waals surface area (Å²) >= 11 is 1.12. The number of rotatable bonds is 4. The van der Waals surface area contributed by atoms with Crippen LogP contribution in [0.25, 0.3) is 22.4 Å². The van der Waals surface area contributed by atoms with Gasteiger partial charge in [-0.25, -0.2) is 9.97 Å². The average molecular weight is 402 g/mol. The van der Waals surface area contributed by atoms with Crippen LogP contribution in [0.3, 0.4) is 0 Å². The topological polar surface area (TPSA) is 64.7 Å². The lowest BCUT2D eigenvalue weighted by atomic mass is 10.2. The molecular weight excluding hydrogens is 389 g/mol. The number of hydrogen-bond acceptors (Lipinski definition) is 6. The maximum absolute atomic E-state index is 13.2. The minimum absolute atomic E-state index is 0.213. The first-order valence-electron chi connectivity index (χ1n) is 8.31. The molecule has 0 bridgehead atoms. The number of benzene rings is 2. The van der Waals surface area contributed by atoms with Gasteiger partial charge in [0.15, 0.2) is 0 Å². The van der Waals surface area contributed by atoms with E-state index in [2.05, 4.69) is 20.2 Å². The van der Waals surface area contributed by atoms with Crippen LogP contribution in [0.5, 0.6) is 0 Å². The molecule has 9 heteroatoms. The van der Waals surface area contributed by atoms with Gasteiger partial charge in [-0.3, -0.25) is 0 Å². The van der Waals surface area contributed by atoms with Crippen molar-refractivity contribution in [1.82, 2.24) is 20.2 Å². The summed E-state index contributed by atoms with van der Waals surface area (Å²) in [5.41, 5.74) is 1.00. The highest BCUT2D eigenvalue weighted by atomic mass is 32.2. The van der Waals surface area contributed by atoms with Crippen LogP contribution in [0.15, 0.2) is 64.0 Å². The van der Waals surface area contributed by atoms with E-state index in [0.717, 1.165) is 17.3 Å². The first-order chi connectivity index (χ1) is 13.4. The van der Waals surface area contributed by atoms with Gasteiger partial charge in [-0.2, -0.15) is 13.2 Å². The van der Waals surface area contributed by atoms with Crippen LogP contribution in [0, 0.1) is 0 Å². The van der Waals surface area contributed by atoms with Crippen molar-refractivity contribution >= 4 is 22.7 Å². The highest BCUT2D eigenvalue weighted by Gasteiger charge is 2.36. The molecule has 0 amide bonds. The second-order valence-corrected chi connectivity index (χ2v) is 7.27. The molecule has 0 saturated heterocycles.